The largest absolute Gasteiger partial charge is 0.396 e. The third-order valence-corrected chi connectivity index (χ3v) is 4.79. The maximum atomic E-state index is 12.5. The number of amides is 1. The number of piperazine rings is 1. The fraction of sp³-hybridized carbons (Fsp3) is 0.562. The Kier molecular flexibility index (Phi) is 6.96. The van der Waals surface area contributed by atoms with Crippen molar-refractivity contribution in [3.8, 4) is 0 Å². The molecule has 0 atom stereocenters. The van der Waals surface area contributed by atoms with Gasteiger partial charge >= 0.3 is 0 Å². The Morgan fingerprint density at radius 2 is 1.82 bits per heavy atom. The minimum absolute atomic E-state index is 0.0487. The van der Waals surface area contributed by atoms with Gasteiger partial charge in [0.25, 0.3) is 5.91 Å². The summed E-state index contributed by atoms with van der Waals surface area (Å²) in [5.74, 6) is -0.0487. The predicted molar refractivity (Wildman–Crippen MR) is 89.7 cm³/mol. The van der Waals surface area contributed by atoms with Crippen molar-refractivity contribution in [3.05, 3.63) is 33.8 Å². The van der Waals surface area contributed by atoms with Gasteiger partial charge < -0.3 is 10.0 Å². The highest BCUT2D eigenvalue weighted by Gasteiger charge is 2.23. The number of nitrogens with zero attached hydrogens (tertiary/aromatic N) is 2. The van der Waals surface area contributed by atoms with Gasteiger partial charge in [0.15, 0.2) is 0 Å². The van der Waals surface area contributed by atoms with Crippen molar-refractivity contribution in [2.75, 3.05) is 39.3 Å². The summed E-state index contributed by atoms with van der Waals surface area (Å²) in [6.45, 7) is 4.47. The minimum atomic E-state index is -0.0487. The number of unbranched alkanes of at least 4 members (excludes halogenated alkanes) is 2. The van der Waals surface area contributed by atoms with Crippen LogP contribution in [0, 0.1) is 0 Å². The van der Waals surface area contributed by atoms with E-state index in [4.69, 9.17) is 28.3 Å². The maximum Gasteiger partial charge on any atom is 0.255 e. The molecule has 0 radical (unpaired) electrons. The standard InChI is InChI=1S/C16H22Cl2N2O2/c17-14-6-4-5-13(15(14)18)16(22)20-10-8-19(9-11-20)7-2-1-3-12-21/h4-6,21H,1-3,7-12H2. The first-order valence-electron chi connectivity index (χ1n) is 7.70. The Morgan fingerprint density at radius 3 is 2.50 bits per heavy atom. The van der Waals surface area contributed by atoms with E-state index >= 15 is 0 Å². The van der Waals surface area contributed by atoms with Crippen molar-refractivity contribution in [1.82, 2.24) is 9.80 Å². The van der Waals surface area contributed by atoms with Crippen LogP contribution in [0.15, 0.2) is 18.2 Å². The Bertz CT molecular complexity index is 503. The predicted octanol–water partition coefficient (Wildman–Crippen LogP) is 2.91. The number of carbonyl (C=O) groups excluding carboxylic acids is 1. The van der Waals surface area contributed by atoms with E-state index in [9.17, 15) is 4.79 Å². The molecule has 22 heavy (non-hydrogen) atoms. The zero-order valence-electron chi connectivity index (χ0n) is 12.6. The van der Waals surface area contributed by atoms with Crippen LogP contribution in [0.25, 0.3) is 0 Å². The smallest absolute Gasteiger partial charge is 0.255 e. The molecule has 1 aromatic carbocycles. The fourth-order valence-electron chi connectivity index (χ4n) is 2.64. The molecule has 6 heteroatoms. The van der Waals surface area contributed by atoms with Crippen molar-refractivity contribution in [2.45, 2.75) is 19.3 Å². The van der Waals surface area contributed by atoms with E-state index in [-0.39, 0.29) is 12.5 Å². The Labute approximate surface area is 141 Å². The molecule has 0 bridgehead atoms. The van der Waals surface area contributed by atoms with Crippen molar-refractivity contribution in [1.29, 1.82) is 0 Å². The number of carbonyl (C=O) groups is 1. The van der Waals surface area contributed by atoms with Crippen LogP contribution < -0.4 is 0 Å². The summed E-state index contributed by atoms with van der Waals surface area (Å²) in [6, 6.07) is 5.15. The zero-order chi connectivity index (χ0) is 15.9. The molecule has 1 heterocycles. The molecule has 0 saturated carbocycles. The van der Waals surface area contributed by atoms with Gasteiger partial charge in [0.05, 0.1) is 15.6 Å². The van der Waals surface area contributed by atoms with Gasteiger partial charge in [-0.3, -0.25) is 9.69 Å². The van der Waals surface area contributed by atoms with Crippen LogP contribution in [-0.4, -0.2) is 60.1 Å². The maximum absolute atomic E-state index is 12.5. The molecule has 4 nitrogen and oxygen atoms in total. The first-order chi connectivity index (χ1) is 10.6. The highest BCUT2D eigenvalue weighted by atomic mass is 35.5. The number of halogens is 2. The second-order valence-corrected chi connectivity index (χ2v) is 6.30. The first-order valence-corrected chi connectivity index (χ1v) is 8.45. The highest BCUT2D eigenvalue weighted by Crippen LogP contribution is 2.26. The van der Waals surface area contributed by atoms with Gasteiger partial charge in [-0.2, -0.15) is 0 Å². The van der Waals surface area contributed by atoms with E-state index < -0.39 is 0 Å². The lowest BCUT2D eigenvalue weighted by Gasteiger charge is -2.35. The van der Waals surface area contributed by atoms with E-state index in [2.05, 4.69) is 4.90 Å². The second kappa shape index (κ2) is 8.73. The lowest BCUT2D eigenvalue weighted by atomic mass is 10.1. The Hall–Kier alpha value is -0.810. The van der Waals surface area contributed by atoms with Gasteiger partial charge in [0, 0.05) is 32.8 Å². The molecule has 1 aliphatic rings. The molecule has 1 fully saturated rings. The summed E-state index contributed by atoms with van der Waals surface area (Å²) in [5.41, 5.74) is 0.477. The quantitative estimate of drug-likeness (QED) is 0.807. The lowest BCUT2D eigenvalue weighted by Crippen LogP contribution is -2.48. The zero-order valence-corrected chi connectivity index (χ0v) is 14.1. The van der Waals surface area contributed by atoms with Gasteiger partial charge in [-0.1, -0.05) is 29.3 Å². The van der Waals surface area contributed by atoms with Crippen LogP contribution in [0.3, 0.4) is 0 Å². The third-order valence-electron chi connectivity index (χ3n) is 3.97. The van der Waals surface area contributed by atoms with Crippen molar-refractivity contribution in [3.63, 3.8) is 0 Å². The summed E-state index contributed by atoms with van der Waals surface area (Å²) >= 11 is 12.1. The SMILES string of the molecule is O=C(c1cccc(Cl)c1Cl)N1CCN(CCCCCO)CC1. The van der Waals surface area contributed by atoms with Gasteiger partial charge in [0.1, 0.15) is 0 Å². The monoisotopic (exact) mass is 344 g/mol. The number of hydrogen-bond acceptors (Lipinski definition) is 3. The van der Waals surface area contributed by atoms with Gasteiger partial charge in [-0.25, -0.2) is 0 Å². The lowest BCUT2D eigenvalue weighted by molar-refractivity contribution is 0.0635. The second-order valence-electron chi connectivity index (χ2n) is 5.52. The normalized spacial score (nSPS) is 16.0. The molecular formula is C16H22Cl2N2O2. The molecule has 1 amide bonds. The molecule has 2 rings (SSSR count). The summed E-state index contributed by atoms with van der Waals surface area (Å²) in [6.07, 6.45) is 3.01. The molecule has 1 saturated heterocycles. The van der Waals surface area contributed by atoms with Crippen LogP contribution in [0.4, 0.5) is 0 Å². The van der Waals surface area contributed by atoms with Crippen LogP contribution in [-0.2, 0) is 0 Å². The van der Waals surface area contributed by atoms with Gasteiger partial charge in [-0.05, 0) is 37.9 Å². The number of hydrogen-bond donors (Lipinski definition) is 1. The molecule has 0 aliphatic carbocycles. The summed E-state index contributed by atoms with van der Waals surface area (Å²) < 4.78 is 0. The van der Waals surface area contributed by atoms with E-state index in [0.717, 1.165) is 38.9 Å². The number of aliphatic hydroxyl groups excluding tert-OH is 1. The topological polar surface area (TPSA) is 43.8 Å². The number of aliphatic hydroxyl groups is 1. The van der Waals surface area contributed by atoms with Crippen molar-refractivity contribution >= 4 is 29.1 Å². The fourth-order valence-corrected chi connectivity index (χ4v) is 3.02. The molecule has 1 N–H and O–H groups in total. The van der Waals surface area contributed by atoms with E-state index in [1.807, 2.05) is 4.90 Å². The summed E-state index contributed by atoms with van der Waals surface area (Å²) in [5, 5.41) is 9.52. The van der Waals surface area contributed by atoms with E-state index in [0.29, 0.717) is 28.7 Å². The Morgan fingerprint density at radius 1 is 1.09 bits per heavy atom. The molecule has 0 spiro atoms. The summed E-state index contributed by atoms with van der Waals surface area (Å²) in [7, 11) is 0. The van der Waals surface area contributed by atoms with Crippen LogP contribution in [0.1, 0.15) is 29.6 Å². The molecule has 0 aromatic heterocycles. The van der Waals surface area contributed by atoms with Gasteiger partial charge in [0.2, 0.25) is 0 Å². The van der Waals surface area contributed by atoms with Crippen molar-refractivity contribution in [2.24, 2.45) is 0 Å². The van der Waals surface area contributed by atoms with Gasteiger partial charge in [-0.15, -0.1) is 0 Å². The average Bonchev–Trinajstić information content (AvgIpc) is 2.54. The summed E-state index contributed by atoms with van der Waals surface area (Å²) in [4.78, 5) is 16.7. The Balaban J connectivity index is 1.83. The van der Waals surface area contributed by atoms with Crippen LogP contribution in [0.2, 0.25) is 10.0 Å². The van der Waals surface area contributed by atoms with Crippen LogP contribution >= 0.6 is 23.2 Å². The molecular weight excluding hydrogens is 323 g/mol. The number of rotatable bonds is 6. The average molecular weight is 345 g/mol. The molecule has 1 aliphatic heterocycles. The first kappa shape index (κ1) is 17.5. The van der Waals surface area contributed by atoms with E-state index in [1.54, 1.807) is 18.2 Å². The van der Waals surface area contributed by atoms with Crippen LogP contribution in [0.5, 0.6) is 0 Å². The third kappa shape index (κ3) is 4.59. The van der Waals surface area contributed by atoms with Crippen molar-refractivity contribution < 1.29 is 9.90 Å². The number of benzene rings is 1. The molecule has 1 aromatic rings. The molecule has 122 valence electrons. The molecule has 0 unspecified atom stereocenters. The minimum Gasteiger partial charge on any atom is -0.396 e. The van der Waals surface area contributed by atoms with E-state index in [1.165, 1.54) is 0 Å². The highest BCUT2D eigenvalue weighted by molar-refractivity contribution is 6.43.